The fourth-order valence-electron chi connectivity index (χ4n) is 3.20. The Balaban J connectivity index is 2.82. The Morgan fingerprint density at radius 1 is 1.35 bits per heavy atom. The number of halogens is 1. The van der Waals surface area contributed by atoms with Crippen molar-refractivity contribution >= 4 is 0 Å². The van der Waals surface area contributed by atoms with Crippen molar-refractivity contribution in [1.82, 2.24) is 10.2 Å². The summed E-state index contributed by atoms with van der Waals surface area (Å²) >= 11 is 0. The lowest BCUT2D eigenvalue weighted by molar-refractivity contribution is -1.07. The molecular weight excluding hydrogens is 257 g/mol. The molecule has 0 saturated carbocycles. The lowest BCUT2D eigenvalue weighted by atomic mass is 9.99. The van der Waals surface area contributed by atoms with Crippen LogP contribution in [0.2, 0.25) is 0 Å². The highest BCUT2D eigenvalue weighted by Gasteiger charge is 2.44. The van der Waals surface area contributed by atoms with Crippen LogP contribution in [0.15, 0.2) is 0 Å². The Kier molecular flexibility index (Phi) is 7.37. The van der Waals surface area contributed by atoms with Gasteiger partial charge in [0.05, 0.1) is 0 Å². The van der Waals surface area contributed by atoms with Crippen LogP contribution in [-0.4, -0.2) is 66.8 Å². The topological polar surface area (TPSA) is 35.5 Å². The van der Waals surface area contributed by atoms with Crippen molar-refractivity contribution in [2.45, 2.75) is 52.3 Å². The van der Waals surface area contributed by atoms with E-state index in [-0.39, 0.29) is 5.92 Å². The minimum absolute atomic E-state index is 0.103. The first-order valence-electron chi connectivity index (χ1n) is 8.08. The Morgan fingerprint density at radius 2 is 2.05 bits per heavy atom. The molecule has 0 bridgehead atoms. The highest BCUT2D eigenvalue weighted by molar-refractivity contribution is 4.76. The fraction of sp³-hybridized carbons (Fsp3) is 1.00. The number of unbranched alkanes of at least 4 members (excludes halogenated alkanes) is 2. The van der Waals surface area contributed by atoms with Crippen LogP contribution < -0.4 is 5.32 Å². The van der Waals surface area contributed by atoms with Crippen molar-refractivity contribution in [2.75, 3.05) is 39.8 Å². The summed E-state index contributed by atoms with van der Waals surface area (Å²) in [6.07, 6.45) is 2.67. The Hall–Kier alpha value is -0.230. The summed E-state index contributed by atoms with van der Waals surface area (Å²) in [7, 11) is 1.59. The van der Waals surface area contributed by atoms with Crippen molar-refractivity contribution in [1.29, 1.82) is 0 Å². The van der Waals surface area contributed by atoms with Gasteiger partial charge >= 0.3 is 0 Å². The Labute approximate surface area is 123 Å². The molecule has 0 aromatic carbocycles. The van der Waals surface area contributed by atoms with Crippen LogP contribution in [0.25, 0.3) is 0 Å². The van der Waals surface area contributed by atoms with E-state index in [0.717, 1.165) is 38.9 Å². The van der Waals surface area contributed by atoms with Gasteiger partial charge in [0.1, 0.15) is 13.6 Å². The predicted octanol–water partition coefficient (Wildman–Crippen LogP) is 1.76. The van der Waals surface area contributed by atoms with Crippen molar-refractivity contribution in [2.24, 2.45) is 5.92 Å². The van der Waals surface area contributed by atoms with Crippen LogP contribution in [0, 0.1) is 5.92 Å². The third-order valence-corrected chi connectivity index (χ3v) is 4.33. The van der Waals surface area contributed by atoms with Gasteiger partial charge in [-0.05, 0) is 10.9 Å². The standard InChI is InChI=1S/C15H33FN3O/c1-5-6-7-10-18-11-8-17-9-12-19(4,16)14(13(2)3)15(18)20/h13-15,17,20H,5-12H2,1-4H3/q+1. The van der Waals surface area contributed by atoms with Gasteiger partial charge in [-0.2, -0.15) is 0 Å². The fourth-order valence-corrected chi connectivity index (χ4v) is 3.20. The zero-order valence-electron chi connectivity index (χ0n) is 13.6. The van der Waals surface area contributed by atoms with E-state index in [1.165, 1.54) is 0 Å². The van der Waals surface area contributed by atoms with Gasteiger partial charge in [0.15, 0.2) is 12.3 Å². The van der Waals surface area contributed by atoms with Crippen LogP contribution in [0.1, 0.15) is 40.0 Å². The molecule has 1 rings (SSSR count). The molecule has 0 radical (unpaired) electrons. The first kappa shape index (κ1) is 17.8. The van der Waals surface area contributed by atoms with Crippen molar-refractivity contribution in [3.63, 3.8) is 0 Å². The molecule has 1 saturated heterocycles. The van der Waals surface area contributed by atoms with Crippen LogP contribution in [0.4, 0.5) is 4.48 Å². The monoisotopic (exact) mass is 290 g/mol. The van der Waals surface area contributed by atoms with E-state index >= 15 is 0 Å². The minimum atomic E-state index is -0.707. The highest BCUT2D eigenvalue weighted by Crippen LogP contribution is 2.25. The summed E-state index contributed by atoms with van der Waals surface area (Å²) in [6.45, 7) is 9.68. The molecule has 0 spiro atoms. The van der Waals surface area contributed by atoms with E-state index in [1.54, 1.807) is 7.05 Å². The van der Waals surface area contributed by atoms with Crippen molar-refractivity contribution < 1.29 is 14.3 Å². The van der Waals surface area contributed by atoms with Crippen LogP contribution >= 0.6 is 0 Å². The second-order valence-corrected chi connectivity index (χ2v) is 6.51. The van der Waals surface area contributed by atoms with Gasteiger partial charge in [-0.1, -0.05) is 33.6 Å². The number of nitrogens with one attached hydrogen (secondary N) is 1. The molecule has 0 aromatic rings. The first-order chi connectivity index (χ1) is 9.40. The molecular formula is C15H33FN3O+. The van der Waals surface area contributed by atoms with Crippen LogP contribution in [0.3, 0.4) is 0 Å². The molecule has 3 unspecified atom stereocenters. The second kappa shape index (κ2) is 8.27. The van der Waals surface area contributed by atoms with Gasteiger partial charge in [-0.3, -0.25) is 4.90 Å². The maximum absolute atomic E-state index is 14.9. The van der Waals surface area contributed by atoms with Gasteiger partial charge in [-0.15, -0.1) is 4.71 Å². The van der Waals surface area contributed by atoms with Gasteiger partial charge < -0.3 is 10.4 Å². The molecule has 3 atom stereocenters. The van der Waals surface area contributed by atoms with E-state index < -0.39 is 17.0 Å². The number of quaternary nitrogens is 1. The van der Waals surface area contributed by atoms with Gasteiger partial charge in [-0.25, -0.2) is 0 Å². The molecule has 20 heavy (non-hydrogen) atoms. The molecule has 1 heterocycles. The number of likely N-dealkylation sites (N-methyl/N-ethyl adjacent to an activating group) is 1. The van der Waals surface area contributed by atoms with Crippen molar-refractivity contribution in [3.8, 4) is 0 Å². The minimum Gasteiger partial charge on any atom is -0.372 e. The number of aliphatic hydroxyl groups is 1. The second-order valence-electron chi connectivity index (χ2n) is 6.51. The Bertz CT molecular complexity index is 274. The SMILES string of the molecule is CCCCCN1CCNCC[N+](C)(F)C(C(C)C)C1O. The molecule has 2 N–H and O–H groups in total. The van der Waals surface area contributed by atoms with E-state index in [0.29, 0.717) is 13.1 Å². The number of rotatable bonds is 5. The summed E-state index contributed by atoms with van der Waals surface area (Å²) < 4.78 is 14.3. The molecule has 0 amide bonds. The van der Waals surface area contributed by atoms with E-state index in [4.69, 9.17) is 0 Å². The number of hydrogen-bond acceptors (Lipinski definition) is 3. The summed E-state index contributed by atoms with van der Waals surface area (Å²) in [6, 6.07) is -0.392. The average Bonchev–Trinajstić information content (AvgIpc) is 2.39. The normalized spacial score (nSPS) is 33.8. The van der Waals surface area contributed by atoms with Crippen LogP contribution in [-0.2, 0) is 0 Å². The maximum Gasteiger partial charge on any atom is 0.166 e. The molecule has 1 aliphatic heterocycles. The van der Waals surface area contributed by atoms with Gasteiger partial charge in [0.25, 0.3) is 0 Å². The molecule has 1 fully saturated rings. The summed E-state index contributed by atoms with van der Waals surface area (Å²) in [5.74, 6) is 0.103. The average molecular weight is 290 g/mol. The van der Waals surface area contributed by atoms with Crippen LogP contribution in [0.5, 0.6) is 0 Å². The smallest absolute Gasteiger partial charge is 0.166 e. The first-order valence-corrected chi connectivity index (χ1v) is 8.08. The van der Waals surface area contributed by atoms with Crippen molar-refractivity contribution in [3.05, 3.63) is 0 Å². The number of aliphatic hydroxyl groups excluding tert-OH is 1. The van der Waals surface area contributed by atoms with E-state index in [9.17, 15) is 9.59 Å². The molecule has 4 nitrogen and oxygen atoms in total. The Morgan fingerprint density at radius 3 is 2.65 bits per heavy atom. The number of hydrogen-bond donors (Lipinski definition) is 2. The van der Waals surface area contributed by atoms with E-state index in [1.807, 2.05) is 13.8 Å². The molecule has 1 aliphatic rings. The zero-order chi connectivity index (χ0) is 15.2. The lowest BCUT2D eigenvalue weighted by Crippen LogP contribution is -2.60. The number of nitrogens with zero attached hydrogens (tertiary/aromatic N) is 2. The lowest BCUT2D eigenvalue weighted by Gasteiger charge is -2.39. The summed E-state index contributed by atoms with van der Waals surface area (Å²) in [5.41, 5.74) is 0. The van der Waals surface area contributed by atoms with Gasteiger partial charge in [0, 0.05) is 32.1 Å². The third-order valence-electron chi connectivity index (χ3n) is 4.33. The molecule has 0 aliphatic carbocycles. The molecule has 120 valence electrons. The maximum atomic E-state index is 14.9. The zero-order valence-corrected chi connectivity index (χ0v) is 13.6. The largest absolute Gasteiger partial charge is 0.372 e. The summed E-state index contributed by atoms with van der Waals surface area (Å²) in [5, 5.41) is 14.0. The quantitative estimate of drug-likeness (QED) is 0.598. The third kappa shape index (κ3) is 4.95. The van der Waals surface area contributed by atoms with E-state index in [2.05, 4.69) is 17.1 Å². The predicted molar refractivity (Wildman–Crippen MR) is 80.8 cm³/mol. The molecule has 0 aromatic heterocycles. The summed E-state index contributed by atoms with van der Waals surface area (Å²) in [4.78, 5) is 2.05. The molecule has 5 heteroatoms. The highest BCUT2D eigenvalue weighted by atomic mass is 19.2. The van der Waals surface area contributed by atoms with Gasteiger partial charge in [0.2, 0.25) is 0 Å².